The zero-order valence-corrected chi connectivity index (χ0v) is 14.6. The van der Waals surface area contributed by atoms with E-state index >= 15 is 0 Å². The van der Waals surface area contributed by atoms with Gasteiger partial charge in [0.1, 0.15) is 6.54 Å². The maximum Gasteiger partial charge on any atom is 0.327 e. The van der Waals surface area contributed by atoms with Gasteiger partial charge in [0.05, 0.1) is 13.2 Å². The van der Waals surface area contributed by atoms with Crippen LogP contribution in [0.3, 0.4) is 0 Å². The second-order valence-corrected chi connectivity index (χ2v) is 6.87. The zero-order chi connectivity index (χ0) is 16.7. The van der Waals surface area contributed by atoms with Gasteiger partial charge in [-0.3, -0.25) is 4.79 Å². The first-order valence-electron chi connectivity index (χ1n) is 7.97. The summed E-state index contributed by atoms with van der Waals surface area (Å²) < 4.78 is 6.23. The summed E-state index contributed by atoms with van der Waals surface area (Å²) in [5.74, 6) is 1.33. The molecule has 1 aliphatic rings. The fourth-order valence-electron chi connectivity index (χ4n) is 2.85. The first-order valence-corrected chi connectivity index (χ1v) is 9.36. The molecule has 0 spiro atoms. The van der Waals surface area contributed by atoms with Gasteiger partial charge in [-0.2, -0.15) is 11.8 Å². The van der Waals surface area contributed by atoms with Gasteiger partial charge in [0.25, 0.3) is 0 Å². The van der Waals surface area contributed by atoms with E-state index in [1.54, 1.807) is 11.8 Å². The van der Waals surface area contributed by atoms with E-state index in [1.807, 2.05) is 0 Å². The number of methoxy groups -OCH3 is 1. The Bertz CT molecular complexity index is 489. The molecule has 1 atom stereocenters. The van der Waals surface area contributed by atoms with Gasteiger partial charge in [-0.1, -0.05) is 0 Å². The first kappa shape index (κ1) is 18.2. The third-order valence-electron chi connectivity index (χ3n) is 4.20. The molecular formula is C14H26N6O2S. The molecule has 2 rings (SSSR count). The predicted molar refractivity (Wildman–Crippen MR) is 88.9 cm³/mol. The van der Waals surface area contributed by atoms with E-state index in [4.69, 9.17) is 10.5 Å². The van der Waals surface area contributed by atoms with Crippen molar-refractivity contribution in [3.63, 3.8) is 0 Å². The van der Waals surface area contributed by atoms with Crippen molar-refractivity contribution in [3.05, 3.63) is 5.82 Å². The summed E-state index contributed by atoms with van der Waals surface area (Å²) in [7, 11) is 1.36. The molecule has 1 aliphatic carbocycles. The van der Waals surface area contributed by atoms with Crippen molar-refractivity contribution in [2.24, 2.45) is 5.73 Å². The average Bonchev–Trinajstić information content (AvgIpc) is 3.01. The number of ether oxygens (including phenoxy) is 1. The van der Waals surface area contributed by atoms with E-state index in [0.717, 1.165) is 37.9 Å². The number of esters is 1. The Morgan fingerprint density at radius 2 is 2.22 bits per heavy atom. The summed E-state index contributed by atoms with van der Waals surface area (Å²) in [6, 6.07) is 0.772. The van der Waals surface area contributed by atoms with Gasteiger partial charge in [-0.05, 0) is 54.5 Å². The van der Waals surface area contributed by atoms with Crippen LogP contribution in [0, 0.1) is 0 Å². The molecule has 1 heterocycles. The third-order valence-corrected chi connectivity index (χ3v) is 4.84. The number of rotatable bonds is 8. The van der Waals surface area contributed by atoms with Crippen molar-refractivity contribution < 1.29 is 9.53 Å². The summed E-state index contributed by atoms with van der Waals surface area (Å²) in [5.41, 5.74) is 5.98. The normalized spacial score (nSPS) is 22.7. The Hall–Kier alpha value is -1.19. The van der Waals surface area contributed by atoms with Crippen LogP contribution in [0.5, 0.6) is 0 Å². The fraction of sp³-hybridized carbons (Fsp3) is 0.857. The third kappa shape index (κ3) is 5.43. The number of nitrogens with zero attached hydrogens (tertiary/aromatic N) is 4. The molecule has 1 fully saturated rings. The molecule has 0 bridgehead atoms. The van der Waals surface area contributed by atoms with Crippen LogP contribution in [-0.2, 0) is 16.1 Å². The molecule has 1 unspecified atom stereocenters. The average molecular weight is 342 g/mol. The van der Waals surface area contributed by atoms with Crippen LogP contribution in [0.1, 0.15) is 44.0 Å². The second-order valence-electron chi connectivity index (χ2n) is 5.88. The van der Waals surface area contributed by atoms with Gasteiger partial charge in [0.15, 0.2) is 5.82 Å². The van der Waals surface area contributed by atoms with Crippen molar-refractivity contribution in [3.8, 4) is 0 Å². The Morgan fingerprint density at radius 3 is 2.87 bits per heavy atom. The highest BCUT2D eigenvalue weighted by Gasteiger charge is 2.25. The molecule has 9 heteroatoms. The van der Waals surface area contributed by atoms with E-state index in [-0.39, 0.29) is 18.6 Å². The van der Waals surface area contributed by atoms with Crippen LogP contribution < -0.4 is 11.1 Å². The summed E-state index contributed by atoms with van der Waals surface area (Å²) >= 11 is 1.78. The summed E-state index contributed by atoms with van der Waals surface area (Å²) in [6.07, 6.45) is 7.20. The highest BCUT2D eigenvalue weighted by Crippen LogP contribution is 2.23. The molecule has 8 nitrogen and oxygen atoms in total. The lowest BCUT2D eigenvalue weighted by Gasteiger charge is -2.30. The van der Waals surface area contributed by atoms with E-state index < -0.39 is 0 Å². The topological polar surface area (TPSA) is 108 Å². The monoisotopic (exact) mass is 342 g/mol. The number of hydrogen-bond acceptors (Lipinski definition) is 8. The smallest absolute Gasteiger partial charge is 0.327 e. The fourth-order valence-corrected chi connectivity index (χ4v) is 3.33. The number of nitrogens with one attached hydrogen (secondary N) is 1. The van der Waals surface area contributed by atoms with E-state index in [9.17, 15) is 4.79 Å². The minimum absolute atomic E-state index is 0.0291. The lowest BCUT2D eigenvalue weighted by Crippen LogP contribution is -2.40. The number of carbonyl (C=O) groups is 1. The van der Waals surface area contributed by atoms with E-state index in [0.29, 0.717) is 17.9 Å². The Kier molecular flexibility index (Phi) is 7.25. The lowest BCUT2D eigenvalue weighted by atomic mass is 9.91. The maximum absolute atomic E-state index is 11.5. The molecule has 0 radical (unpaired) electrons. The SMILES string of the molecule is COC(=O)Cn1nnnc1C(CCSC)NC1CCC(N)CC1. The Morgan fingerprint density at radius 1 is 1.48 bits per heavy atom. The van der Waals surface area contributed by atoms with Gasteiger partial charge in [0, 0.05) is 12.1 Å². The number of aromatic nitrogens is 4. The van der Waals surface area contributed by atoms with Crippen LogP contribution in [0.2, 0.25) is 0 Å². The quantitative estimate of drug-likeness (QED) is 0.658. The number of nitrogens with two attached hydrogens (primary N) is 1. The predicted octanol–water partition coefficient (Wildman–Crippen LogP) is 0.500. The number of carbonyl (C=O) groups excluding carboxylic acids is 1. The molecule has 3 N–H and O–H groups in total. The minimum Gasteiger partial charge on any atom is -0.468 e. The van der Waals surface area contributed by atoms with Crippen molar-refractivity contribution in [2.75, 3.05) is 19.1 Å². The first-order chi connectivity index (χ1) is 11.1. The summed E-state index contributed by atoms with van der Waals surface area (Å²) in [5, 5.41) is 15.5. The van der Waals surface area contributed by atoms with Crippen molar-refractivity contribution >= 4 is 17.7 Å². The number of tetrazole rings is 1. The van der Waals surface area contributed by atoms with Crippen molar-refractivity contribution in [1.29, 1.82) is 0 Å². The summed E-state index contributed by atoms with van der Waals surface area (Å²) in [4.78, 5) is 11.5. The minimum atomic E-state index is -0.356. The second kappa shape index (κ2) is 9.19. The van der Waals surface area contributed by atoms with Crippen LogP contribution >= 0.6 is 11.8 Å². The molecule has 1 aromatic heterocycles. The largest absolute Gasteiger partial charge is 0.468 e. The Balaban J connectivity index is 2.05. The van der Waals surface area contributed by atoms with E-state index in [2.05, 4.69) is 27.1 Å². The van der Waals surface area contributed by atoms with Gasteiger partial charge in [-0.15, -0.1) is 5.10 Å². The molecule has 0 amide bonds. The van der Waals surface area contributed by atoms with Crippen molar-refractivity contribution in [2.45, 2.75) is 56.8 Å². The molecule has 1 aromatic rings. The highest BCUT2D eigenvalue weighted by atomic mass is 32.2. The van der Waals surface area contributed by atoms with Crippen LogP contribution in [-0.4, -0.2) is 57.4 Å². The molecule has 23 heavy (non-hydrogen) atoms. The molecule has 0 saturated heterocycles. The molecular weight excluding hydrogens is 316 g/mol. The Labute approximate surface area is 140 Å². The maximum atomic E-state index is 11.5. The van der Waals surface area contributed by atoms with Gasteiger partial charge >= 0.3 is 5.97 Å². The number of hydrogen-bond donors (Lipinski definition) is 2. The van der Waals surface area contributed by atoms with Gasteiger partial charge < -0.3 is 15.8 Å². The molecule has 0 aromatic carbocycles. The molecule has 1 saturated carbocycles. The van der Waals surface area contributed by atoms with Gasteiger partial charge in [-0.25, -0.2) is 4.68 Å². The zero-order valence-electron chi connectivity index (χ0n) is 13.8. The van der Waals surface area contributed by atoms with E-state index in [1.165, 1.54) is 11.8 Å². The number of thioether (sulfide) groups is 1. The van der Waals surface area contributed by atoms with Gasteiger partial charge in [0.2, 0.25) is 0 Å². The van der Waals surface area contributed by atoms with Crippen LogP contribution in [0.15, 0.2) is 0 Å². The lowest BCUT2D eigenvalue weighted by molar-refractivity contribution is -0.141. The van der Waals surface area contributed by atoms with Crippen LogP contribution in [0.25, 0.3) is 0 Å². The summed E-state index contributed by atoms with van der Waals surface area (Å²) in [6.45, 7) is 0.0336. The standard InChI is InChI=1S/C14H26N6O2S/c1-22-13(21)9-20-14(17-18-19-20)12(7-8-23-2)16-11-5-3-10(15)4-6-11/h10-12,16H,3-9,15H2,1-2H3. The molecule has 130 valence electrons. The van der Waals surface area contributed by atoms with Crippen LogP contribution in [0.4, 0.5) is 0 Å². The van der Waals surface area contributed by atoms with Crippen molar-refractivity contribution in [1.82, 2.24) is 25.5 Å². The molecule has 0 aliphatic heterocycles. The highest BCUT2D eigenvalue weighted by molar-refractivity contribution is 7.98.